The topological polar surface area (TPSA) is 26.3 Å². The molecule has 0 aromatic rings. The molecule has 0 saturated heterocycles. The van der Waals surface area contributed by atoms with Crippen molar-refractivity contribution in [2.75, 3.05) is 6.61 Å². The van der Waals surface area contributed by atoms with Crippen LogP contribution in [0.25, 0.3) is 0 Å². The summed E-state index contributed by atoms with van der Waals surface area (Å²) in [5, 5.41) is 0. The summed E-state index contributed by atoms with van der Waals surface area (Å²) in [6, 6.07) is 0. The summed E-state index contributed by atoms with van der Waals surface area (Å²) in [5.41, 5.74) is 0. The Morgan fingerprint density at radius 1 is 1.50 bits per heavy atom. The van der Waals surface area contributed by atoms with Gasteiger partial charge in [-0.05, 0) is 6.92 Å². The van der Waals surface area contributed by atoms with Gasteiger partial charge in [-0.1, -0.05) is 14.9 Å². The molecule has 0 atom stereocenters. The molecule has 0 aliphatic heterocycles. The summed E-state index contributed by atoms with van der Waals surface area (Å²) < 4.78 is 4.40. The third-order valence-corrected chi connectivity index (χ3v) is 0.348. The first-order chi connectivity index (χ1) is 2.77. The lowest BCUT2D eigenvalue weighted by atomic mass is 10.8. The summed E-state index contributed by atoms with van der Waals surface area (Å²) in [6.07, 6.45) is 0. The molecule has 2 heteroatoms. The van der Waals surface area contributed by atoms with Crippen molar-refractivity contribution >= 4 is 5.97 Å². The molecule has 0 spiro atoms. The zero-order chi connectivity index (χ0) is 4.99. The minimum absolute atomic E-state index is 0. The van der Waals surface area contributed by atoms with Crippen LogP contribution in [0.3, 0.4) is 0 Å². The van der Waals surface area contributed by atoms with E-state index in [2.05, 4.69) is 4.74 Å². The van der Waals surface area contributed by atoms with Crippen LogP contribution in [-0.4, -0.2) is 12.6 Å². The third kappa shape index (κ3) is 17.9. The van der Waals surface area contributed by atoms with Gasteiger partial charge in [0.15, 0.2) is 0 Å². The largest absolute Gasteiger partial charge is 0.466 e. The highest BCUT2D eigenvalue weighted by Gasteiger charge is 1.81. The van der Waals surface area contributed by atoms with Crippen LogP contribution in [-0.2, 0) is 9.53 Å². The van der Waals surface area contributed by atoms with E-state index in [1.165, 1.54) is 6.92 Å². The maximum absolute atomic E-state index is 9.82. The molecule has 0 aromatic heterocycles. The SMILES string of the molecule is C.C.CCOC(C)=O. The lowest BCUT2D eigenvalue weighted by Crippen LogP contribution is -1.95. The molecular weight excluding hydrogens is 104 g/mol. The van der Waals surface area contributed by atoms with Crippen molar-refractivity contribution in [1.29, 1.82) is 0 Å². The van der Waals surface area contributed by atoms with Crippen LogP contribution in [0.2, 0.25) is 0 Å². The fourth-order valence-corrected chi connectivity index (χ4v) is 0.203. The molecule has 0 heterocycles. The number of ether oxygens (including phenoxy) is 1. The van der Waals surface area contributed by atoms with E-state index in [-0.39, 0.29) is 20.8 Å². The molecule has 52 valence electrons. The van der Waals surface area contributed by atoms with E-state index in [0.29, 0.717) is 6.61 Å². The molecule has 0 aliphatic carbocycles. The van der Waals surface area contributed by atoms with Crippen LogP contribution < -0.4 is 0 Å². The Labute approximate surface area is 51.9 Å². The molecular formula is C6H16O2. The van der Waals surface area contributed by atoms with Crippen LogP contribution in [0.1, 0.15) is 28.7 Å². The van der Waals surface area contributed by atoms with Crippen molar-refractivity contribution in [3.8, 4) is 0 Å². The first-order valence-corrected chi connectivity index (χ1v) is 1.90. The van der Waals surface area contributed by atoms with Gasteiger partial charge in [0.05, 0.1) is 6.61 Å². The molecule has 0 rings (SSSR count). The first-order valence-electron chi connectivity index (χ1n) is 1.90. The number of rotatable bonds is 1. The number of carbonyl (C=O) groups excluding carboxylic acids is 1. The van der Waals surface area contributed by atoms with Gasteiger partial charge < -0.3 is 4.74 Å². The van der Waals surface area contributed by atoms with Gasteiger partial charge in [0.25, 0.3) is 0 Å². The zero-order valence-electron chi connectivity index (χ0n) is 4.02. The molecule has 2 nitrogen and oxygen atoms in total. The average molecular weight is 120 g/mol. The Hall–Kier alpha value is -0.530. The molecule has 0 bridgehead atoms. The number of hydrogen-bond acceptors (Lipinski definition) is 2. The van der Waals surface area contributed by atoms with E-state index in [0.717, 1.165) is 0 Å². The van der Waals surface area contributed by atoms with Crippen LogP contribution in [0.4, 0.5) is 0 Å². The predicted molar refractivity (Wildman–Crippen MR) is 35.8 cm³/mol. The van der Waals surface area contributed by atoms with Crippen molar-refractivity contribution in [3.63, 3.8) is 0 Å². The normalized spacial score (nSPS) is 5.75. The quantitative estimate of drug-likeness (QED) is 0.493. The van der Waals surface area contributed by atoms with Gasteiger partial charge in [-0.3, -0.25) is 4.79 Å². The van der Waals surface area contributed by atoms with Gasteiger partial charge in [-0.2, -0.15) is 0 Å². The van der Waals surface area contributed by atoms with Crippen molar-refractivity contribution in [2.45, 2.75) is 28.7 Å². The summed E-state index contributed by atoms with van der Waals surface area (Å²) in [6.45, 7) is 3.65. The van der Waals surface area contributed by atoms with Crippen molar-refractivity contribution in [1.82, 2.24) is 0 Å². The maximum Gasteiger partial charge on any atom is 0.302 e. The summed E-state index contributed by atoms with van der Waals surface area (Å²) in [4.78, 5) is 9.82. The lowest BCUT2D eigenvalue weighted by Gasteiger charge is -1.89. The highest BCUT2D eigenvalue weighted by atomic mass is 16.5. The summed E-state index contributed by atoms with van der Waals surface area (Å²) in [5.74, 6) is -0.211. The van der Waals surface area contributed by atoms with E-state index in [1.807, 2.05) is 0 Å². The molecule has 0 aromatic carbocycles. The van der Waals surface area contributed by atoms with Crippen LogP contribution in [0, 0.1) is 0 Å². The average Bonchev–Trinajstić information content (AvgIpc) is 1.35. The lowest BCUT2D eigenvalue weighted by molar-refractivity contribution is -0.140. The molecule has 0 amide bonds. The summed E-state index contributed by atoms with van der Waals surface area (Å²) >= 11 is 0. The highest BCUT2D eigenvalue weighted by molar-refractivity contribution is 5.65. The third-order valence-electron chi connectivity index (χ3n) is 0.348. The van der Waals surface area contributed by atoms with Crippen molar-refractivity contribution < 1.29 is 9.53 Å². The number of hydrogen-bond donors (Lipinski definition) is 0. The molecule has 0 fully saturated rings. The van der Waals surface area contributed by atoms with Gasteiger partial charge in [-0.15, -0.1) is 0 Å². The summed E-state index contributed by atoms with van der Waals surface area (Å²) in [7, 11) is 0. The second kappa shape index (κ2) is 9.69. The minimum Gasteiger partial charge on any atom is -0.466 e. The smallest absolute Gasteiger partial charge is 0.302 e. The standard InChI is InChI=1S/C4H8O2.2CH4/c1-3-6-4(2)5;;/h3H2,1-2H3;2*1H4. The first kappa shape index (κ1) is 15.6. The Morgan fingerprint density at radius 3 is 1.88 bits per heavy atom. The van der Waals surface area contributed by atoms with Crippen molar-refractivity contribution in [3.05, 3.63) is 0 Å². The second-order valence-electron chi connectivity index (χ2n) is 0.925. The Bertz CT molecular complexity index is 50.5. The van der Waals surface area contributed by atoms with Crippen LogP contribution >= 0.6 is 0 Å². The van der Waals surface area contributed by atoms with Crippen LogP contribution in [0.15, 0.2) is 0 Å². The molecule has 0 radical (unpaired) electrons. The van der Waals surface area contributed by atoms with E-state index in [9.17, 15) is 4.79 Å². The molecule has 0 aliphatic rings. The maximum atomic E-state index is 9.82. The monoisotopic (exact) mass is 120 g/mol. The fraction of sp³-hybridized carbons (Fsp3) is 0.833. The minimum atomic E-state index is -0.211. The highest BCUT2D eigenvalue weighted by Crippen LogP contribution is 1.69. The van der Waals surface area contributed by atoms with E-state index in [4.69, 9.17) is 0 Å². The predicted octanol–water partition coefficient (Wildman–Crippen LogP) is 1.84. The molecule has 0 unspecified atom stereocenters. The Kier molecular flexibility index (Phi) is 19.0. The molecule has 0 saturated carbocycles. The van der Waals surface area contributed by atoms with Gasteiger partial charge in [-0.25, -0.2) is 0 Å². The van der Waals surface area contributed by atoms with Gasteiger partial charge in [0.1, 0.15) is 0 Å². The van der Waals surface area contributed by atoms with E-state index in [1.54, 1.807) is 6.92 Å². The Balaban J connectivity index is -0.000000125. The van der Waals surface area contributed by atoms with Gasteiger partial charge in [0, 0.05) is 6.92 Å². The number of esters is 1. The zero-order valence-corrected chi connectivity index (χ0v) is 4.02. The van der Waals surface area contributed by atoms with Crippen molar-refractivity contribution in [2.24, 2.45) is 0 Å². The Morgan fingerprint density at radius 2 is 1.88 bits per heavy atom. The fourth-order valence-electron chi connectivity index (χ4n) is 0.203. The van der Waals surface area contributed by atoms with Crippen LogP contribution in [0.5, 0.6) is 0 Å². The molecule has 0 N–H and O–H groups in total. The second-order valence-corrected chi connectivity index (χ2v) is 0.925. The molecule has 8 heavy (non-hydrogen) atoms. The van der Waals surface area contributed by atoms with E-state index >= 15 is 0 Å². The van der Waals surface area contributed by atoms with Gasteiger partial charge >= 0.3 is 5.97 Å². The van der Waals surface area contributed by atoms with E-state index < -0.39 is 0 Å². The number of carbonyl (C=O) groups is 1. The van der Waals surface area contributed by atoms with Gasteiger partial charge in [0.2, 0.25) is 0 Å².